The zero-order valence-corrected chi connectivity index (χ0v) is 7.71. The van der Waals surface area contributed by atoms with Crippen molar-refractivity contribution in [1.29, 1.82) is 0 Å². The van der Waals surface area contributed by atoms with Crippen LogP contribution in [-0.4, -0.2) is 25.9 Å². The molecule has 0 aliphatic rings. The summed E-state index contributed by atoms with van der Waals surface area (Å²) in [7, 11) is -3.38. The quantitative estimate of drug-likeness (QED) is 0.528. The van der Waals surface area contributed by atoms with Gasteiger partial charge in [-0.05, 0) is 0 Å². The summed E-state index contributed by atoms with van der Waals surface area (Å²) in [5.41, 5.74) is 0.718. The van der Waals surface area contributed by atoms with Crippen LogP contribution >= 0.6 is 0 Å². The maximum atomic E-state index is 10.6. The second-order valence-electron chi connectivity index (χ2n) is 2.29. The first kappa shape index (κ1) is 14.6. The van der Waals surface area contributed by atoms with Gasteiger partial charge in [0.25, 0.3) is 0 Å². The number of benzene rings is 1. The van der Waals surface area contributed by atoms with Crippen LogP contribution < -0.4 is 10.6 Å². The average molecular weight is 205 g/mol. The van der Waals surface area contributed by atoms with Gasteiger partial charge in [-0.15, -0.1) is 0 Å². The van der Waals surface area contributed by atoms with E-state index in [1.807, 2.05) is 6.07 Å². The van der Waals surface area contributed by atoms with Gasteiger partial charge in [-0.1, -0.05) is 35.8 Å². The van der Waals surface area contributed by atoms with E-state index in [1.165, 1.54) is 0 Å². The second kappa shape index (κ2) is 5.71. The van der Waals surface area contributed by atoms with Crippen molar-refractivity contribution in [2.24, 2.45) is 5.14 Å². The van der Waals surface area contributed by atoms with E-state index in [1.54, 1.807) is 24.3 Å². The Bertz CT molecular complexity index is 326. The molecule has 0 amide bonds. The third kappa shape index (κ3) is 6.29. The van der Waals surface area contributed by atoms with Crippen LogP contribution in [0.1, 0.15) is 0 Å². The molecule has 7 heteroatoms. The molecule has 0 radical (unpaired) electrons. The van der Waals surface area contributed by atoms with Gasteiger partial charge in [-0.25, -0.2) is 13.6 Å². The molecule has 0 aliphatic heterocycles. The Balaban J connectivity index is 0. The van der Waals surface area contributed by atoms with Crippen LogP contribution in [0.3, 0.4) is 0 Å². The van der Waals surface area contributed by atoms with Crippen molar-refractivity contribution in [2.75, 3.05) is 0 Å². The second-order valence-corrected chi connectivity index (χ2v) is 3.91. The van der Waals surface area contributed by atoms with Gasteiger partial charge >= 0.3 is 6.56 Å². The van der Waals surface area contributed by atoms with E-state index >= 15 is 0 Å². The molecule has 0 saturated heterocycles. The summed E-state index contributed by atoms with van der Waals surface area (Å²) < 4.78 is 21.2. The zero-order chi connectivity index (χ0) is 8.32. The molecule has 0 heterocycles. The predicted molar refractivity (Wildman–Crippen MR) is 53.6 cm³/mol. The van der Waals surface area contributed by atoms with Crippen LogP contribution in [0.5, 0.6) is 0 Å². The summed E-state index contributed by atoms with van der Waals surface area (Å²) >= 11 is 0. The first-order valence-electron chi connectivity index (χ1n) is 3.12. The molecule has 0 spiro atoms. The molecular weight excluding hydrogens is 193 g/mol. The predicted octanol–water partition coefficient (Wildman–Crippen LogP) is -2.70. The molecule has 0 bridgehead atoms. The van der Waals surface area contributed by atoms with Crippen LogP contribution in [0.2, 0.25) is 0 Å². The highest BCUT2D eigenvalue weighted by molar-refractivity contribution is 8.14. The van der Waals surface area contributed by atoms with Gasteiger partial charge in [-0.3, -0.25) is 0 Å². The Morgan fingerprint density at radius 3 is 1.92 bits per heavy atom. The first-order valence-corrected chi connectivity index (χ1v) is 4.84. The minimum atomic E-state index is -3.38. The number of hydrogen-bond donors (Lipinski definition) is 1. The summed E-state index contributed by atoms with van der Waals surface area (Å²) in [6.07, 6.45) is 0. The summed E-state index contributed by atoms with van der Waals surface area (Å²) in [5, 5.41) is 4.84. The highest BCUT2D eigenvalue weighted by Crippen LogP contribution is 1.82. The van der Waals surface area contributed by atoms with Gasteiger partial charge in [0.05, 0.1) is 0 Å². The largest absolute Gasteiger partial charge is 0.412 e. The van der Waals surface area contributed by atoms with E-state index in [-0.39, 0.29) is 17.5 Å². The monoisotopic (exact) mass is 205 g/mol. The minimum Gasteiger partial charge on any atom is -0.412 e. The van der Waals surface area contributed by atoms with E-state index < -0.39 is 9.87 Å². The number of rotatable bonds is 2. The van der Waals surface area contributed by atoms with Crippen LogP contribution in [0.25, 0.3) is 0 Å². The lowest BCUT2D eigenvalue weighted by Gasteiger charge is -1.94. The SMILES string of the molecule is NS(=O)(=O)Bc1ccccc1.O.O. The fourth-order valence-corrected chi connectivity index (χ4v) is 1.46. The Kier molecular flexibility index (Phi) is 6.42. The van der Waals surface area contributed by atoms with E-state index in [9.17, 15) is 8.42 Å². The van der Waals surface area contributed by atoms with E-state index in [4.69, 9.17) is 5.14 Å². The van der Waals surface area contributed by atoms with Crippen molar-refractivity contribution in [3.8, 4) is 0 Å². The lowest BCUT2D eigenvalue weighted by Crippen LogP contribution is -2.29. The first-order chi connectivity index (χ1) is 5.08. The number of nitrogens with two attached hydrogens (primary N) is 1. The van der Waals surface area contributed by atoms with Crippen molar-refractivity contribution in [3.05, 3.63) is 30.3 Å². The topological polar surface area (TPSA) is 123 Å². The lowest BCUT2D eigenvalue weighted by molar-refractivity contribution is 0.610. The zero-order valence-electron chi connectivity index (χ0n) is 6.90. The average Bonchev–Trinajstić information content (AvgIpc) is 1.85. The molecule has 6 N–H and O–H groups in total. The van der Waals surface area contributed by atoms with Gasteiger partial charge in [0, 0.05) is 0 Å². The van der Waals surface area contributed by atoms with Gasteiger partial charge in [-0.2, -0.15) is 0 Å². The molecule has 1 rings (SSSR count). The van der Waals surface area contributed by atoms with Crippen LogP contribution in [0.15, 0.2) is 30.3 Å². The number of hydrogen-bond acceptors (Lipinski definition) is 2. The summed E-state index contributed by atoms with van der Waals surface area (Å²) in [6, 6.07) is 8.84. The molecule has 13 heavy (non-hydrogen) atoms. The summed E-state index contributed by atoms with van der Waals surface area (Å²) in [6.45, 7) is -0.0894. The van der Waals surface area contributed by atoms with E-state index in [0.717, 1.165) is 5.46 Å². The maximum Gasteiger partial charge on any atom is 0.325 e. The van der Waals surface area contributed by atoms with Crippen molar-refractivity contribution in [3.63, 3.8) is 0 Å². The van der Waals surface area contributed by atoms with Crippen molar-refractivity contribution in [1.82, 2.24) is 0 Å². The normalized spacial score (nSPS) is 9.31. The highest BCUT2D eigenvalue weighted by Gasteiger charge is 2.06. The molecule has 0 unspecified atom stereocenters. The lowest BCUT2D eigenvalue weighted by atomic mass is 9.95. The Labute approximate surface area is 77.4 Å². The smallest absolute Gasteiger partial charge is 0.325 e. The summed E-state index contributed by atoms with van der Waals surface area (Å²) in [5.74, 6) is 0. The van der Waals surface area contributed by atoms with Gasteiger partial charge in [0.1, 0.15) is 0 Å². The molecule has 0 aliphatic carbocycles. The van der Waals surface area contributed by atoms with Gasteiger partial charge < -0.3 is 11.0 Å². The van der Waals surface area contributed by atoms with E-state index in [2.05, 4.69) is 0 Å². The molecule has 1 aromatic rings. The molecule has 1 aromatic carbocycles. The molecule has 5 nitrogen and oxygen atoms in total. The third-order valence-electron chi connectivity index (χ3n) is 1.21. The van der Waals surface area contributed by atoms with E-state index in [0.29, 0.717) is 0 Å². The molecule has 0 atom stereocenters. The Morgan fingerprint density at radius 1 is 1.08 bits per heavy atom. The fraction of sp³-hybridized carbons (Fsp3) is 0. The third-order valence-corrected chi connectivity index (χ3v) is 1.95. The highest BCUT2D eigenvalue weighted by atomic mass is 32.2. The fourth-order valence-electron chi connectivity index (χ4n) is 0.807. The molecule has 0 aromatic heterocycles. The Hall–Kier alpha value is -0.885. The minimum absolute atomic E-state index is 0. The van der Waals surface area contributed by atoms with Crippen molar-refractivity contribution in [2.45, 2.75) is 0 Å². The molecule has 0 fully saturated rings. The van der Waals surface area contributed by atoms with Gasteiger partial charge in [0.2, 0.25) is 0 Å². The van der Waals surface area contributed by atoms with Crippen LogP contribution in [-0.2, 0) is 9.87 Å². The molecule has 0 saturated carbocycles. The standard InChI is InChI=1S/C6H8BNO2S.2H2O/c8-11(9,10)7-6-4-2-1-3-5-6;;/h1-5,7H,(H2,8,9,10);2*1H2. The molecule has 74 valence electrons. The van der Waals surface area contributed by atoms with Gasteiger partial charge in [0.15, 0.2) is 9.87 Å². The Morgan fingerprint density at radius 2 is 1.54 bits per heavy atom. The van der Waals surface area contributed by atoms with Crippen LogP contribution in [0, 0.1) is 0 Å². The van der Waals surface area contributed by atoms with Crippen molar-refractivity contribution < 1.29 is 19.4 Å². The molecular formula is C6H12BNO4S. The summed E-state index contributed by atoms with van der Waals surface area (Å²) in [4.78, 5) is 0. The van der Waals surface area contributed by atoms with Crippen LogP contribution in [0.4, 0.5) is 0 Å². The maximum absolute atomic E-state index is 10.6. The van der Waals surface area contributed by atoms with Crippen molar-refractivity contribution >= 4 is 21.9 Å².